The predicted molar refractivity (Wildman–Crippen MR) is 84.6 cm³/mol. The third-order valence-electron chi connectivity index (χ3n) is 2.60. The molecule has 0 unspecified atom stereocenters. The summed E-state index contributed by atoms with van der Waals surface area (Å²) in [7, 11) is 1.34. The highest BCUT2D eigenvalue weighted by Gasteiger charge is 2.08. The van der Waals surface area contributed by atoms with Gasteiger partial charge in [-0.1, -0.05) is 0 Å². The molecule has 0 aromatic heterocycles. The highest BCUT2D eigenvalue weighted by Crippen LogP contribution is 2.24. The van der Waals surface area contributed by atoms with Crippen LogP contribution in [0.3, 0.4) is 0 Å². The summed E-state index contributed by atoms with van der Waals surface area (Å²) in [6.07, 6.45) is 0. The lowest BCUT2D eigenvalue weighted by molar-refractivity contribution is 0.0601. The number of nitrogens with one attached hydrogen (secondary N) is 1. The average molecular weight is 368 g/mol. The summed E-state index contributed by atoms with van der Waals surface area (Å²) in [5.74, 6) is -0.396. The number of nitrogens with two attached hydrogens (primary N) is 1. The lowest BCUT2D eigenvalue weighted by Gasteiger charge is -2.10. The minimum atomic E-state index is -0.396. The van der Waals surface area contributed by atoms with Crippen LogP contribution in [0.1, 0.15) is 10.4 Å². The fourth-order valence-corrected chi connectivity index (χ4v) is 1.97. The van der Waals surface area contributed by atoms with Gasteiger partial charge >= 0.3 is 5.97 Å². The molecule has 3 N–H and O–H groups in total. The van der Waals surface area contributed by atoms with Crippen LogP contribution in [0, 0.1) is 3.57 Å². The molecule has 0 heterocycles. The molecule has 5 heteroatoms. The Hall–Kier alpha value is -1.76. The highest BCUT2D eigenvalue weighted by atomic mass is 127. The van der Waals surface area contributed by atoms with E-state index in [1.54, 1.807) is 18.2 Å². The molecule has 0 aliphatic carbocycles. The van der Waals surface area contributed by atoms with E-state index in [0.717, 1.165) is 14.9 Å². The Balaban J connectivity index is 2.22. The molecule has 0 amide bonds. The minimum Gasteiger partial charge on any atom is -0.465 e. The third kappa shape index (κ3) is 3.37. The Bertz CT molecular complexity index is 597. The zero-order chi connectivity index (χ0) is 13.8. The number of esters is 1. The molecule has 4 nitrogen and oxygen atoms in total. The summed E-state index contributed by atoms with van der Waals surface area (Å²) < 4.78 is 5.81. The van der Waals surface area contributed by atoms with Crippen LogP contribution < -0.4 is 11.1 Å². The molecule has 0 saturated carbocycles. The maximum atomic E-state index is 11.4. The molecule has 98 valence electrons. The van der Waals surface area contributed by atoms with Crippen molar-refractivity contribution in [1.29, 1.82) is 0 Å². The highest BCUT2D eigenvalue weighted by molar-refractivity contribution is 14.1. The molecule has 0 radical (unpaired) electrons. The monoisotopic (exact) mass is 368 g/mol. The number of hydrogen-bond acceptors (Lipinski definition) is 4. The van der Waals surface area contributed by atoms with Gasteiger partial charge in [0, 0.05) is 9.26 Å². The van der Waals surface area contributed by atoms with Gasteiger partial charge in [-0.2, -0.15) is 0 Å². The standard InChI is InChI=1S/C14H13IN2O2/c1-19-14(18)9-2-7-13(12(16)8-9)17-11-5-3-10(15)4-6-11/h2-8,17H,16H2,1H3. The van der Waals surface area contributed by atoms with E-state index in [1.165, 1.54) is 7.11 Å². The van der Waals surface area contributed by atoms with E-state index in [9.17, 15) is 4.79 Å². The molecule has 0 fully saturated rings. The van der Waals surface area contributed by atoms with Gasteiger partial charge in [0.25, 0.3) is 0 Å². The summed E-state index contributed by atoms with van der Waals surface area (Å²) in [5, 5.41) is 3.20. The van der Waals surface area contributed by atoms with Crippen molar-refractivity contribution in [2.24, 2.45) is 0 Å². The summed E-state index contributed by atoms with van der Waals surface area (Å²) in [6, 6.07) is 13.0. The molecule has 2 aromatic carbocycles. The second kappa shape index (κ2) is 5.92. The first-order valence-electron chi connectivity index (χ1n) is 5.60. The number of ether oxygens (including phenoxy) is 1. The van der Waals surface area contributed by atoms with Crippen molar-refractivity contribution < 1.29 is 9.53 Å². The van der Waals surface area contributed by atoms with Gasteiger partial charge in [0.15, 0.2) is 0 Å². The largest absolute Gasteiger partial charge is 0.465 e. The number of benzene rings is 2. The first-order valence-corrected chi connectivity index (χ1v) is 6.68. The van der Waals surface area contributed by atoms with Crippen molar-refractivity contribution in [1.82, 2.24) is 0 Å². The van der Waals surface area contributed by atoms with Gasteiger partial charge in [0.2, 0.25) is 0 Å². The van der Waals surface area contributed by atoms with Crippen LogP contribution in [0.15, 0.2) is 42.5 Å². The molecule has 2 aromatic rings. The van der Waals surface area contributed by atoms with Crippen molar-refractivity contribution in [3.8, 4) is 0 Å². The molecular weight excluding hydrogens is 355 g/mol. The Kier molecular flexibility index (Phi) is 4.26. The number of halogens is 1. The lowest BCUT2D eigenvalue weighted by Crippen LogP contribution is -2.03. The van der Waals surface area contributed by atoms with Gasteiger partial charge in [-0.05, 0) is 65.1 Å². The maximum Gasteiger partial charge on any atom is 0.337 e. The zero-order valence-corrected chi connectivity index (χ0v) is 12.5. The summed E-state index contributed by atoms with van der Waals surface area (Å²) in [6.45, 7) is 0. The van der Waals surface area contributed by atoms with E-state index in [1.807, 2.05) is 24.3 Å². The van der Waals surface area contributed by atoms with Gasteiger partial charge in [-0.3, -0.25) is 0 Å². The second-order valence-corrected chi connectivity index (χ2v) is 5.17. The van der Waals surface area contributed by atoms with Gasteiger partial charge < -0.3 is 15.8 Å². The number of carbonyl (C=O) groups excluding carboxylic acids is 1. The molecule has 0 bridgehead atoms. The van der Waals surface area contributed by atoms with E-state index in [4.69, 9.17) is 5.73 Å². The first kappa shape index (κ1) is 13.7. The maximum absolute atomic E-state index is 11.4. The van der Waals surface area contributed by atoms with Crippen molar-refractivity contribution in [2.75, 3.05) is 18.2 Å². The Labute approximate surface area is 125 Å². The van der Waals surface area contributed by atoms with E-state index in [0.29, 0.717) is 11.3 Å². The van der Waals surface area contributed by atoms with E-state index >= 15 is 0 Å². The van der Waals surface area contributed by atoms with Gasteiger partial charge in [-0.15, -0.1) is 0 Å². The summed E-state index contributed by atoms with van der Waals surface area (Å²) in [5.41, 5.74) is 8.56. The van der Waals surface area contributed by atoms with E-state index < -0.39 is 5.97 Å². The predicted octanol–water partition coefficient (Wildman–Crippen LogP) is 3.40. The van der Waals surface area contributed by atoms with Crippen LogP contribution in [0.5, 0.6) is 0 Å². The van der Waals surface area contributed by atoms with Crippen LogP contribution >= 0.6 is 22.6 Å². The molecule has 0 aliphatic rings. The Morgan fingerprint density at radius 1 is 1.21 bits per heavy atom. The Morgan fingerprint density at radius 3 is 2.47 bits per heavy atom. The van der Waals surface area contributed by atoms with Gasteiger partial charge in [-0.25, -0.2) is 4.79 Å². The minimum absolute atomic E-state index is 0.396. The number of nitrogen functional groups attached to an aromatic ring is 1. The van der Waals surface area contributed by atoms with Crippen LogP contribution in [0.25, 0.3) is 0 Å². The van der Waals surface area contributed by atoms with Crippen molar-refractivity contribution in [3.05, 3.63) is 51.6 Å². The van der Waals surface area contributed by atoms with Crippen molar-refractivity contribution in [2.45, 2.75) is 0 Å². The third-order valence-corrected chi connectivity index (χ3v) is 3.32. The van der Waals surface area contributed by atoms with Crippen LogP contribution in [0.2, 0.25) is 0 Å². The van der Waals surface area contributed by atoms with Crippen LogP contribution in [-0.4, -0.2) is 13.1 Å². The number of anilines is 3. The van der Waals surface area contributed by atoms with Gasteiger partial charge in [0.05, 0.1) is 24.0 Å². The number of hydrogen-bond donors (Lipinski definition) is 2. The smallest absolute Gasteiger partial charge is 0.337 e. The quantitative estimate of drug-likeness (QED) is 0.495. The molecule has 2 rings (SSSR count). The molecule has 0 aliphatic heterocycles. The number of rotatable bonds is 3. The SMILES string of the molecule is COC(=O)c1ccc(Nc2ccc(I)cc2)c(N)c1. The van der Waals surface area contributed by atoms with Crippen LogP contribution in [0.4, 0.5) is 17.1 Å². The molecular formula is C14H13IN2O2. The zero-order valence-electron chi connectivity index (χ0n) is 10.3. The van der Waals surface area contributed by atoms with Gasteiger partial charge in [0.1, 0.15) is 0 Å². The first-order chi connectivity index (χ1) is 9.10. The Morgan fingerprint density at radius 2 is 1.89 bits per heavy atom. The topological polar surface area (TPSA) is 64.3 Å². The second-order valence-electron chi connectivity index (χ2n) is 3.93. The number of methoxy groups -OCH3 is 1. The van der Waals surface area contributed by atoms with Crippen molar-refractivity contribution >= 4 is 45.6 Å². The van der Waals surface area contributed by atoms with Crippen LogP contribution in [-0.2, 0) is 4.74 Å². The lowest BCUT2D eigenvalue weighted by atomic mass is 10.1. The van der Waals surface area contributed by atoms with E-state index in [-0.39, 0.29) is 0 Å². The number of carbonyl (C=O) groups is 1. The fraction of sp³-hybridized carbons (Fsp3) is 0.0714. The summed E-state index contributed by atoms with van der Waals surface area (Å²) in [4.78, 5) is 11.4. The summed E-state index contributed by atoms with van der Waals surface area (Å²) >= 11 is 2.25. The molecule has 0 atom stereocenters. The van der Waals surface area contributed by atoms with Crippen molar-refractivity contribution in [3.63, 3.8) is 0 Å². The molecule has 19 heavy (non-hydrogen) atoms. The molecule has 0 saturated heterocycles. The molecule has 0 spiro atoms. The van der Waals surface area contributed by atoms with E-state index in [2.05, 4.69) is 32.6 Å². The fourth-order valence-electron chi connectivity index (χ4n) is 1.61. The normalized spacial score (nSPS) is 10.0. The average Bonchev–Trinajstić information content (AvgIpc) is 2.42.